The Kier molecular flexibility index (Phi) is 2.85. The van der Waals surface area contributed by atoms with Gasteiger partial charge in [0.15, 0.2) is 5.78 Å². The van der Waals surface area contributed by atoms with Gasteiger partial charge in [0.1, 0.15) is 11.6 Å². The van der Waals surface area contributed by atoms with Crippen LogP contribution in [0.25, 0.3) is 0 Å². The van der Waals surface area contributed by atoms with E-state index in [4.69, 9.17) is 0 Å². The van der Waals surface area contributed by atoms with E-state index >= 15 is 0 Å². The maximum atomic E-state index is 13.6. The van der Waals surface area contributed by atoms with Gasteiger partial charge >= 0.3 is 0 Å². The van der Waals surface area contributed by atoms with E-state index in [2.05, 4.69) is 4.98 Å². The van der Waals surface area contributed by atoms with Crippen molar-refractivity contribution in [2.75, 3.05) is 0 Å². The molecule has 1 aromatic carbocycles. The van der Waals surface area contributed by atoms with E-state index in [0.29, 0.717) is 12.1 Å². The largest absolute Gasteiger partial charge is 0.293 e. The van der Waals surface area contributed by atoms with Gasteiger partial charge < -0.3 is 0 Å². The summed E-state index contributed by atoms with van der Waals surface area (Å²) in [7, 11) is 0. The van der Waals surface area contributed by atoms with Gasteiger partial charge in [-0.05, 0) is 36.6 Å². The van der Waals surface area contributed by atoms with Gasteiger partial charge in [-0.15, -0.1) is 0 Å². The maximum absolute atomic E-state index is 13.6. The van der Waals surface area contributed by atoms with Gasteiger partial charge in [0, 0.05) is 6.20 Å². The highest BCUT2D eigenvalue weighted by atomic mass is 19.1. The van der Waals surface area contributed by atoms with Crippen LogP contribution in [0.1, 0.15) is 34.0 Å². The zero-order valence-corrected chi connectivity index (χ0v) is 10.1. The summed E-state index contributed by atoms with van der Waals surface area (Å²) in [5.41, 5.74) is 1.18. The summed E-state index contributed by atoms with van der Waals surface area (Å²) in [6.45, 7) is 0. The Bertz CT molecular complexity index is 634. The SMILES string of the molecule is O=C(c1c(F)cccc1F)C1CCc2cccnc21. The van der Waals surface area contributed by atoms with Crippen LogP contribution in [0, 0.1) is 11.6 Å². The fourth-order valence-electron chi connectivity index (χ4n) is 2.58. The molecule has 0 saturated carbocycles. The molecule has 1 heterocycles. The number of nitrogens with zero attached hydrogens (tertiary/aromatic N) is 1. The van der Waals surface area contributed by atoms with Crippen molar-refractivity contribution in [2.24, 2.45) is 0 Å². The summed E-state index contributed by atoms with van der Waals surface area (Å²) < 4.78 is 27.3. The summed E-state index contributed by atoms with van der Waals surface area (Å²) in [4.78, 5) is 16.5. The van der Waals surface area contributed by atoms with Gasteiger partial charge in [-0.3, -0.25) is 9.78 Å². The molecular weight excluding hydrogens is 248 g/mol. The van der Waals surface area contributed by atoms with Gasteiger partial charge in [-0.25, -0.2) is 8.78 Å². The first-order valence-electron chi connectivity index (χ1n) is 6.10. The lowest BCUT2D eigenvalue weighted by Gasteiger charge is -2.10. The molecule has 4 heteroatoms. The normalized spacial score (nSPS) is 17.3. The molecule has 0 bridgehead atoms. The van der Waals surface area contributed by atoms with Crippen molar-refractivity contribution in [2.45, 2.75) is 18.8 Å². The number of carbonyl (C=O) groups is 1. The fourth-order valence-corrected chi connectivity index (χ4v) is 2.58. The highest BCUT2D eigenvalue weighted by Gasteiger charge is 2.33. The molecule has 96 valence electrons. The van der Waals surface area contributed by atoms with E-state index < -0.39 is 28.9 Å². The summed E-state index contributed by atoms with van der Waals surface area (Å²) in [6, 6.07) is 7.15. The van der Waals surface area contributed by atoms with Crippen molar-refractivity contribution in [1.82, 2.24) is 4.98 Å². The molecule has 0 N–H and O–H groups in total. The van der Waals surface area contributed by atoms with E-state index in [9.17, 15) is 13.6 Å². The number of fused-ring (bicyclic) bond motifs is 1. The van der Waals surface area contributed by atoms with Crippen molar-refractivity contribution in [3.63, 3.8) is 0 Å². The Labute approximate surface area is 109 Å². The number of ketones is 1. The standard InChI is InChI=1S/C15H11F2NO/c16-11-4-1-5-12(17)13(11)15(19)10-7-6-9-3-2-8-18-14(9)10/h1-5,8,10H,6-7H2. The number of Topliss-reactive ketones (excluding diaryl/α,β-unsaturated/α-hetero) is 1. The molecule has 0 aliphatic heterocycles. The number of benzene rings is 1. The molecule has 1 aromatic heterocycles. The Morgan fingerprint density at radius 1 is 1.16 bits per heavy atom. The van der Waals surface area contributed by atoms with Crippen LogP contribution >= 0.6 is 0 Å². The van der Waals surface area contributed by atoms with Gasteiger partial charge in [0.25, 0.3) is 0 Å². The Morgan fingerprint density at radius 3 is 2.63 bits per heavy atom. The van der Waals surface area contributed by atoms with Crippen LogP contribution in [0.5, 0.6) is 0 Å². The molecule has 1 atom stereocenters. The van der Waals surface area contributed by atoms with E-state index in [1.165, 1.54) is 6.07 Å². The topological polar surface area (TPSA) is 30.0 Å². The quantitative estimate of drug-likeness (QED) is 0.775. The summed E-state index contributed by atoms with van der Waals surface area (Å²) in [5, 5.41) is 0. The molecule has 0 radical (unpaired) electrons. The number of carbonyl (C=O) groups excluding carboxylic acids is 1. The van der Waals surface area contributed by atoms with Crippen molar-refractivity contribution in [1.29, 1.82) is 0 Å². The number of rotatable bonds is 2. The van der Waals surface area contributed by atoms with Gasteiger partial charge in [0.05, 0.1) is 17.2 Å². The number of halogens is 2. The molecular formula is C15H11F2NO. The molecule has 0 spiro atoms. The first-order chi connectivity index (χ1) is 9.18. The molecule has 1 aliphatic rings. The second-order valence-corrected chi connectivity index (χ2v) is 4.60. The van der Waals surface area contributed by atoms with Crippen LogP contribution in [0.2, 0.25) is 0 Å². The van der Waals surface area contributed by atoms with Crippen molar-refractivity contribution >= 4 is 5.78 Å². The third kappa shape index (κ3) is 1.93. The molecule has 0 saturated heterocycles. The maximum Gasteiger partial charge on any atom is 0.177 e. The minimum atomic E-state index is -0.811. The van der Waals surface area contributed by atoms with Crippen LogP contribution in [0.15, 0.2) is 36.5 Å². The molecule has 1 aliphatic carbocycles. The van der Waals surface area contributed by atoms with E-state index in [1.807, 2.05) is 6.07 Å². The number of aromatic nitrogens is 1. The molecule has 1 unspecified atom stereocenters. The fraction of sp³-hybridized carbons (Fsp3) is 0.200. The lowest BCUT2D eigenvalue weighted by molar-refractivity contribution is 0.0949. The van der Waals surface area contributed by atoms with Gasteiger partial charge in [-0.1, -0.05) is 12.1 Å². The molecule has 19 heavy (non-hydrogen) atoms. The predicted molar refractivity (Wildman–Crippen MR) is 66.0 cm³/mol. The third-order valence-corrected chi connectivity index (χ3v) is 3.48. The number of hydrogen-bond acceptors (Lipinski definition) is 2. The van der Waals surface area contributed by atoms with Crippen LogP contribution < -0.4 is 0 Å². The van der Waals surface area contributed by atoms with Crippen LogP contribution in [-0.2, 0) is 6.42 Å². The zero-order valence-electron chi connectivity index (χ0n) is 10.1. The smallest absolute Gasteiger partial charge is 0.177 e. The first kappa shape index (κ1) is 12.0. The molecule has 0 amide bonds. The Balaban J connectivity index is 2.03. The van der Waals surface area contributed by atoms with Crippen LogP contribution in [0.3, 0.4) is 0 Å². The molecule has 2 nitrogen and oxygen atoms in total. The van der Waals surface area contributed by atoms with Gasteiger partial charge in [-0.2, -0.15) is 0 Å². The Morgan fingerprint density at radius 2 is 1.89 bits per heavy atom. The summed E-state index contributed by atoms with van der Waals surface area (Å²) in [5.74, 6) is -2.68. The monoisotopic (exact) mass is 259 g/mol. The summed E-state index contributed by atoms with van der Waals surface area (Å²) >= 11 is 0. The van der Waals surface area contributed by atoms with Gasteiger partial charge in [0.2, 0.25) is 0 Å². The van der Waals surface area contributed by atoms with Crippen LogP contribution in [-0.4, -0.2) is 10.8 Å². The van der Waals surface area contributed by atoms with Crippen LogP contribution in [0.4, 0.5) is 8.78 Å². The van der Waals surface area contributed by atoms with Crippen molar-refractivity contribution < 1.29 is 13.6 Å². The number of aryl methyl sites for hydroxylation is 1. The second kappa shape index (κ2) is 4.53. The second-order valence-electron chi connectivity index (χ2n) is 4.60. The minimum absolute atomic E-state index is 0.453. The Hall–Kier alpha value is -2.10. The zero-order chi connectivity index (χ0) is 13.4. The average molecular weight is 259 g/mol. The number of pyridine rings is 1. The number of hydrogen-bond donors (Lipinski definition) is 0. The molecule has 2 aromatic rings. The lowest BCUT2D eigenvalue weighted by atomic mass is 9.94. The summed E-state index contributed by atoms with van der Waals surface area (Å²) in [6.07, 6.45) is 2.87. The van der Waals surface area contributed by atoms with E-state index in [1.54, 1.807) is 12.3 Å². The van der Waals surface area contributed by atoms with Crippen molar-refractivity contribution in [3.8, 4) is 0 Å². The van der Waals surface area contributed by atoms with E-state index in [0.717, 1.165) is 24.1 Å². The highest BCUT2D eigenvalue weighted by molar-refractivity contribution is 6.01. The third-order valence-electron chi connectivity index (χ3n) is 3.48. The van der Waals surface area contributed by atoms with E-state index in [-0.39, 0.29) is 0 Å². The minimum Gasteiger partial charge on any atom is -0.293 e. The molecule has 3 rings (SSSR count). The molecule has 0 fully saturated rings. The average Bonchev–Trinajstić information content (AvgIpc) is 2.82. The first-order valence-corrected chi connectivity index (χ1v) is 6.10. The highest BCUT2D eigenvalue weighted by Crippen LogP contribution is 2.34. The lowest BCUT2D eigenvalue weighted by Crippen LogP contribution is -2.15. The predicted octanol–water partition coefficient (Wildman–Crippen LogP) is 3.27. The van der Waals surface area contributed by atoms with Crippen molar-refractivity contribution in [3.05, 3.63) is 65.0 Å².